The largest absolute Gasteiger partial charge is 0.330 e. The molecule has 1 rings (SSSR count). The number of allylic oxidation sites excluding steroid dienone is 4. The number of amides is 1. The summed E-state index contributed by atoms with van der Waals surface area (Å²) in [5, 5.41) is 2.90. The van der Waals surface area contributed by atoms with Crippen molar-refractivity contribution in [1.82, 2.24) is 10.2 Å². The Bertz CT molecular complexity index is 472. The number of piperidine rings is 1. The summed E-state index contributed by atoms with van der Waals surface area (Å²) in [6, 6.07) is 0. The zero-order chi connectivity index (χ0) is 18.7. The van der Waals surface area contributed by atoms with Gasteiger partial charge in [-0.2, -0.15) is 0 Å². The normalized spacial score (nSPS) is 17.4. The summed E-state index contributed by atoms with van der Waals surface area (Å²) in [6.07, 6.45) is 12.1. The molecule has 1 aliphatic heterocycles. The number of carbonyl (C=O) groups is 1. The Morgan fingerprint density at radius 2 is 2.00 bits per heavy atom. The van der Waals surface area contributed by atoms with E-state index >= 15 is 0 Å². The van der Waals surface area contributed by atoms with Crippen molar-refractivity contribution in [1.29, 1.82) is 0 Å². The second-order valence-electron chi connectivity index (χ2n) is 7.24. The standard InChI is InChI=1S/C21H37N3O/c1-5-6-9-20(16-18(4)23-21(25)17(2)3)19-10-14-24(15-11-19)13-8-7-12-22/h6,9,16-17,19H,4-5,7-8,10-15,22H2,1-3H3,(H,23,25)/b9-6-,20-16+. The molecular formula is C21H37N3O. The number of carbonyl (C=O) groups excluding carboxylic acids is 1. The summed E-state index contributed by atoms with van der Waals surface area (Å²) in [5.74, 6) is 0.535. The van der Waals surface area contributed by atoms with Gasteiger partial charge in [-0.15, -0.1) is 0 Å². The Labute approximate surface area is 154 Å². The highest BCUT2D eigenvalue weighted by molar-refractivity contribution is 5.80. The first-order valence-electron chi connectivity index (χ1n) is 9.78. The van der Waals surface area contributed by atoms with Crippen LogP contribution in [0.4, 0.5) is 0 Å². The lowest BCUT2D eigenvalue weighted by Crippen LogP contribution is -2.35. The molecule has 0 aromatic rings. The Morgan fingerprint density at radius 1 is 1.32 bits per heavy atom. The van der Waals surface area contributed by atoms with E-state index in [9.17, 15) is 4.79 Å². The average molecular weight is 348 g/mol. The molecule has 1 saturated heterocycles. The molecule has 3 N–H and O–H groups in total. The van der Waals surface area contributed by atoms with Crippen molar-refractivity contribution in [2.75, 3.05) is 26.2 Å². The molecule has 142 valence electrons. The van der Waals surface area contributed by atoms with E-state index < -0.39 is 0 Å². The molecule has 0 unspecified atom stereocenters. The molecule has 0 aromatic heterocycles. The fourth-order valence-electron chi connectivity index (χ4n) is 3.07. The molecule has 0 radical (unpaired) electrons. The minimum absolute atomic E-state index is 0.0230. The Kier molecular flexibility index (Phi) is 10.4. The molecule has 1 fully saturated rings. The fourth-order valence-corrected chi connectivity index (χ4v) is 3.07. The number of hydrogen-bond donors (Lipinski definition) is 2. The second kappa shape index (κ2) is 12.0. The molecule has 1 heterocycles. The zero-order valence-corrected chi connectivity index (χ0v) is 16.4. The van der Waals surface area contributed by atoms with Gasteiger partial charge < -0.3 is 16.0 Å². The summed E-state index contributed by atoms with van der Waals surface area (Å²) >= 11 is 0. The molecule has 0 aliphatic carbocycles. The van der Waals surface area contributed by atoms with Crippen LogP contribution in [0, 0.1) is 11.8 Å². The van der Waals surface area contributed by atoms with Gasteiger partial charge in [0.05, 0.1) is 0 Å². The van der Waals surface area contributed by atoms with Gasteiger partial charge in [0.2, 0.25) is 5.91 Å². The Balaban J connectivity index is 2.64. The Hall–Kier alpha value is -1.39. The second-order valence-corrected chi connectivity index (χ2v) is 7.24. The lowest BCUT2D eigenvalue weighted by Gasteiger charge is -2.32. The van der Waals surface area contributed by atoms with Crippen LogP contribution in [0.15, 0.2) is 36.1 Å². The molecule has 4 nitrogen and oxygen atoms in total. The number of nitrogens with two attached hydrogens (primary N) is 1. The monoisotopic (exact) mass is 347 g/mol. The van der Waals surface area contributed by atoms with Gasteiger partial charge in [-0.1, -0.05) is 39.5 Å². The van der Waals surface area contributed by atoms with Crippen LogP contribution in [0.3, 0.4) is 0 Å². The highest BCUT2D eigenvalue weighted by atomic mass is 16.1. The quantitative estimate of drug-likeness (QED) is 0.469. The molecule has 0 atom stereocenters. The van der Waals surface area contributed by atoms with E-state index in [2.05, 4.69) is 41.9 Å². The van der Waals surface area contributed by atoms with Crippen molar-refractivity contribution >= 4 is 5.91 Å². The predicted molar refractivity (Wildman–Crippen MR) is 107 cm³/mol. The lowest BCUT2D eigenvalue weighted by molar-refractivity contribution is -0.123. The van der Waals surface area contributed by atoms with Gasteiger partial charge in [-0.25, -0.2) is 0 Å². The van der Waals surface area contributed by atoms with Crippen LogP contribution in [0.25, 0.3) is 0 Å². The molecule has 25 heavy (non-hydrogen) atoms. The van der Waals surface area contributed by atoms with Gasteiger partial charge in [0.1, 0.15) is 0 Å². The van der Waals surface area contributed by atoms with E-state index in [1.807, 2.05) is 13.8 Å². The molecular weight excluding hydrogens is 310 g/mol. The van der Waals surface area contributed by atoms with Crippen LogP contribution in [-0.2, 0) is 4.79 Å². The van der Waals surface area contributed by atoms with Gasteiger partial charge in [-0.3, -0.25) is 4.79 Å². The third-order valence-corrected chi connectivity index (χ3v) is 4.68. The molecule has 0 saturated carbocycles. The maximum absolute atomic E-state index is 11.9. The first kappa shape index (κ1) is 21.7. The third-order valence-electron chi connectivity index (χ3n) is 4.68. The summed E-state index contributed by atoms with van der Waals surface area (Å²) in [7, 11) is 0. The van der Waals surface area contributed by atoms with Gasteiger partial charge >= 0.3 is 0 Å². The fraction of sp³-hybridized carbons (Fsp3) is 0.667. The molecule has 0 aromatic carbocycles. The van der Waals surface area contributed by atoms with Gasteiger partial charge in [-0.05, 0) is 75.9 Å². The first-order valence-corrected chi connectivity index (χ1v) is 9.78. The van der Waals surface area contributed by atoms with Crippen LogP contribution < -0.4 is 11.1 Å². The first-order chi connectivity index (χ1) is 12.0. The number of hydrogen-bond acceptors (Lipinski definition) is 3. The highest BCUT2D eigenvalue weighted by Gasteiger charge is 2.21. The van der Waals surface area contributed by atoms with Gasteiger partial charge in [0.15, 0.2) is 0 Å². The van der Waals surface area contributed by atoms with Crippen molar-refractivity contribution in [3.8, 4) is 0 Å². The maximum atomic E-state index is 11.9. The van der Waals surface area contributed by atoms with E-state index in [0.717, 1.165) is 51.9 Å². The third kappa shape index (κ3) is 8.50. The number of unbranched alkanes of at least 4 members (excludes halogenated alkanes) is 1. The summed E-state index contributed by atoms with van der Waals surface area (Å²) < 4.78 is 0. The van der Waals surface area contributed by atoms with Crippen molar-refractivity contribution in [3.63, 3.8) is 0 Å². The van der Waals surface area contributed by atoms with Crippen molar-refractivity contribution in [3.05, 3.63) is 36.1 Å². The summed E-state index contributed by atoms with van der Waals surface area (Å²) in [5.41, 5.74) is 7.56. The van der Waals surface area contributed by atoms with Crippen LogP contribution in [-0.4, -0.2) is 37.0 Å². The van der Waals surface area contributed by atoms with E-state index in [1.165, 1.54) is 12.0 Å². The summed E-state index contributed by atoms with van der Waals surface area (Å²) in [6.45, 7) is 14.2. The zero-order valence-electron chi connectivity index (χ0n) is 16.4. The van der Waals surface area contributed by atoms with Crippen molar-refractivity contribution in [2.24, 2.45) is 17.6 Å². The average Bonchev–Trinajstić information content (AvgIpc) is 2.59. The van der Waals surface area contributed by atoms with Crippen LogP contribution in [0.1, 0.15) is 52.9 Å². The lowest BCUT2D eigenvalue weighted by atomic mass is 9.88. The number of rotatable bonds is 10. The molecule has 4 heteroatoms. The van der Waals surface area contributed by atoms with E-state index in [-0.39, 0.29) is 11.8 Å². The highest BCUT2D eigenvalue weighted by Crippen LogP contribution is 2.26. The summed E-state index contributed by atoms with van der Waals surface area (Å²) in [4.78, 5) is 14.4. The minimum Gasteiger partial charge on any atom is -0.330 e. The molecule has 0 spiro atoms. The van der Waals surface area contributed by atoms with Gasteiger partial charge in [0, 0.05) is 11.6 Å². The minimum atomic E-state index is -0.0310. The number of nitrogens with one attached hydrogen (secondary N) is 1. The van der Waals surface area contributed by atoms with Crippen molar-refractivity contribution < 1.29 is 4.79 Å². The number of nitrogens with zero attached hydrogens (tertiary/aromatic N) is 1. The molecule has 1 aliphatic rings. The van der Waals surface area contributed by atoms with E-state index in [4.69, 9.17) is 5.73 Å². The molecule has 0 bridgehead atoms. The Morgan fingerprint density at radius 3 is 2.56 bits per heavy atom. The molecule has 1 amide bonds. The van der Waals surface area contributed by atoms with Crippen LogP contribution in [0.5, 0.6) is 0 Å². The SMILES string of the molecule is C=C(/C=C(\C=C/CC)C1CCN(CCCCN)CC1)NC(=O)C(C)C. The van der Waals surface area contributed by atoms with E-state index in [1.54, 1.807) is 0 Å². The predicted octanol–water partition coefficient (Wildman–Crippen LogP) is 3.62. The van der Waals surface area contributed by atoms with Gasteiger partial charge in [0.25, 0.3) is 0 Å². The maximum Gasteiger partial charge on any atom is 0.226 e. The number of likely N-dealkylation sites (tertiary alicyclic amines) is 1. The van der Waals surface area contributed by atoms with Crippen LogP contribution in [0.2, 0.25) is 0 Å². The topological polar surface area (TPSA) is 58.4 Å². The van der Waals surface area contributed by atoms with Crippen LogP contribution >= 0.6 is 0 Å². The van der Waals surface area contributed by atoms with E-state index in [0.29, 0.717) is 11.6 Å². The smallest absolute Gasteiger partial charge is 0.226 e. The van der Waals surface area contributed by atoms with Crippen molar-refractivity contribution in [2.45, 2.75) is 52.9 Å².